The Labute approximate surface area is 125 Å². The standard InChI is InChI=1S/C18H23N3/c1-11(15-10-12-4-5-13(15)9-12)21-17-7-6-16(19)14-3-2-8-20-18(14)17/h2-3,6-8,11-13,15,21H,4-5,9-10,19H2,1H3. The largest absolute Gasteiger partial charge is 0.398 e. The van der Waals surface area contributed by atoms with Crippen molar-refractivity contribution >= 4 is 22.3 Å². The van der Waals surface area contributed by atoms with E-state index < -0.39 is 0 Å². The van der Waals surface area contributed by atoms with Crippen LogP contribution in [0.25, 0.3) is 10.9 Å². The van der Waals surface area contributed by atoms with Crippen LogP contribution in [-0.2, 0) is 0 Å². The Morgan fingerprint density at radius 2 is 2.14 bits per heavy atom. The van der Waals surface area contributed by atoms with E-state index in [0.29, 0.717) is 6.04 Å². The molecule has 1 heterocycles. The fraction of sp³-hybridized carbons (Fsp3) is 0.500. The molecule has 3 nitrogen and oxygen atoms in total. The average Bonchev–Trinajstić information content (AvgIpc) is 3.13. The Hall–Kier alpha value is -1.77. The summed E-state index contributed by atoms with van der Waals surface area (Å²) in [5.74, 6) is 2.75. The highest BCUT2D eigenvalue weighted by molar-refractivity contribution is 5.98. The predicted molar refractivity (Wildman–Crippen MR) is 88.2 cm³/mol. The quantitative estimate of drug-likeness (QED) is 0.834. The van der Waals surface area contributed by atoms with Crippen LogP contribution in [0.15, 0.2) is 30.5 Å². The molecule has 0 spiro atoms. The summed E-state index contributed by atoms with van der Waals surface area (Å²) in [6.45, 7) is 2.33. The molecule has 1 aromatic carbocycles. The Bertz CT molecular complexity index is 667. The van der Waals surface area contributed by atoms with Crippen molar-refractivity contribution in [1.82, 2.24) is 4.98 Å². The van der Waals surface area contributed by atoms with E-state index in [-0.39, 0.29) is 0 Å². The number of aromatic nitrogens is 1. The molecular weight excluding hydrogens is 258 g/mol. The third-order valence-electron chi connectivity index (χ3n) is 5.62. The van der Waals surface area contributed by atoms with Gasteiger partial charge in [0.1, 0.15) is 0 Å². The summed E-state index contributed by atoms with van der Waals surface area (Å²) >= 11 is 0. The number of benzene rings is 1. The molecule has 3 heteroatoms. The first-order valence-electron chi connectivity index (χ1n) is 8.12. The number of pyridine rings is 1. The highest BCUT2D eigenvalue weighted by atomic mass is 14.9. The molecule has 2 aliphatic carbocycles. The molecule has 2 fully saturated rings. The molecule has 1 aromatic heterocycles. The second kappa shape index (κ2) is 4.90. The van der Waals surface area contributed by atoms with E-state index in [4.69, 9.17) is 5.73 Å². The maximum atomic E-state index is 6.06. The number of nitrogen functional groups attached to an aromatic ring is 1. The molecule has 4 atom stereocenters. The second-order valence-corrected chi connectivity index (χ2v) is 6.87. The van der Waals surface area contributed by atoms with E-state index in [0.717, 1.165) is 40.0 Å². The van der Waals surface area contributed by atoms with E-state index >= 15 is 0 Å². The van der Waals surface area contributed by atoms with Crippen molar-refractivity contribution in [3.8, 4) is 0 Å². The van der Waals surface area contributed by atoms with Crippen LogP contribution >= 0.6 is 0 Å². The highest BCUT2D eigenvalue weighted by Crippen LogP contribution is 2.50. The predicted octanol–water partition coefficient (Wildman–Crippen LogP) is 4.05. The van der Waals surface area contributed by atoms with E-state index in [2.05, 4.69) is 23.3 Å². The lowest BCUT2D eigenvalue weighted by Gasteiger charge is -2.29. The summed E-state index contributed by atoms with van der Waals surface area (Å²) < 4.78 is 0. The van der Waals surface area contributed by atoms with Gasteiger partial charge >= 0.3 is 0 Å². The van der Waals surface area contributed by atoms with Gasteiger partial charge in [0.25, 0.3) is 0 Å². The first-order valence-corrected chi connectivity index (χ1v) is 8.12. The summed E-state index contributed by atoms with van der Waals surface area (Å²) in [7, 11) is 0. The number of anilines is 2. The van der Waals surface area contributed by atoms with E-state index in [1.54, 1.807) is 0 Å². The number of rotatable bonds is 3. The molecule has 21 heavy (non-hydrogen) atoms. The maximum absolute atomic E-state index is 6.06. The van der Waals surface area contributed by atoms with Gasteiger partial charge in [-0.25, -0.2) is 0 Å². The molecular formula is C18H23N3. The molecule has 2 bridgehead atoms. The summed E-state index contributed by atoms with van der Waals surface area (Å²) in [6, 6.07) is 8.57. The summed E-state index contributed by atoms with van der Waals surface area (Å²) in [6.07, 6.45) is 7.59. The molecule has 2 aromatic rings. The monoisotopic (exact) mass is 281 g/mol. The normalized spacial score (nSPS) is 28.9. The molecule has 0 saturated heterocycles. The van der Waals surface area contributed by atoms with Crippen molar-refractivity contribution < 1.29 is 0 Å². The third-order valence-corrected chi connectivity index (χ3v) is 5.62. The van der Waals surface area contributed by atoms with Crippen LogP contribution in [0, 0.1) is 17.8 Å². The van der Waals surface area contributed by atoms with Crippen LogP contribution in [0.4, 0.5) is 11.4 Å². The molecule has 4 rings (SSSR count). The summed E-state index contributed by atoms with van der Waals surface area (Å²) in [5.41, 5.74) is 8.98. The number of nitrogens with zero attached hydrogens (tertiary/aromatic N) is 1. The minimum Gasteiger partial charge on any atom is -0.398 e. The van der Waals surface area contributed by atoms with Gasteiger partial charge in [-0.05, 0) is 68.2 Å². The van der Waals surface area contributed by atoms with E-state index in [1.165, 1.54) is 25.7 Å². The van der Waals surface area contributed by atoms with Crippen molar-refractivity contribution in [3.05, 3.63) is 30.5 Å². The van der Waals surface area contributed by atoms with Crippen LogP contribution in [0.2, 0.25) is 0 Å². The van der Waals surface area contributed by atoms with Crippen LogP contribution in [-0.4, -0.2) is 11.0 Å². The van der Waals surface area contributed by atoms with Gasteiger partial charge in [0, 0.05) is 23.3 Å². The Balaban J connectivity index is 1.61. The lowest BCUT2D eigenvalue weighted by atomic mass is 9.84. The molecule has 4 unspecified atom stereocenters. The van der Waals surface area contributed by atoms with Gasteiger partial charge in [0.15, 0.2) is 0 Å². The number of nitrogens with one attached hydrogen (secondary N) is 1. The summed E-state index contributed by atoms with van der Waals surface area (Å²) in [4.78, 5) is 4.53. The van der Waals surface area contributed by atoms with Gasteiger partial charge in [-0.15, -0.1) is 0 Å². The molecule has 0 radical (unpaired) electrons. The lowest BCUT2D eigenvalue weighted by molar-refractivity contribution is 0.304. The minimum atomic E-state index is 0.508. The SMILES string of the molecule is CC(Nc1ccc(N)c2cccnc12)C1CC2CCC1C2. The molecule has 2 aliphatic rings. The Morgan fingerprint density at radius 3 is 2.90 bits per heavy atom. The molecule has 0 aliphatic heterocycles. The van der Waals surface area contributed by atoms with E-state index in [9.17, 15) is 0 Å². The van der Waals surface area contributed by atoms with Crippen LogP contribution in [0.5, 0.6) is 0 Å². The van der Waals surface area contributed by atoms with Crippen molar-refractivity contribution in [2.75, 3.05) is 11.1 Å². The van der Waals surface area contributed by atoms with E-state index in [1.807, 2.05) is 24.4 Å². The molecule has 3 N–H and O–H groups in total. The number of fused-ring (bicyclic) bond motifs is 3. The number of nitrogens with two attached hydrogens (primary N) is 1. The zero-order chi connectivity index (χ0) is 14.4. The fourth-order valence-corrected chi connectivity index (χ4v) is 4.57. The van der Waals surface area contributed by atoms with Gasteiger partial charge < -0.3 is 11.1 Å². The fourth-order valence-electron chi connectivity index (χ4n) is 4.57. The van der Waals surface area contributed by atoms with Crippen molar-refractivity contribution in [1.29, 1.82) is 0 Å². The molecule has 2 saturated carbocycles. The minimum absolute atomic E-state index is 0.508. The van der Waals surface area contributed by atoms with Gasteiger partial charge in [-0.1, -0.05) is 6.42 Å². The Morgan fingerprint density at radius 1 is 1.24 bits per heavy atom. The zero-order valence-corrected chi connectivity index (χ0v) is 12.5. The first kappa shape index (κ1) is 12.9. The first-order chi connectivity index (χ1) is 10.2. The molecule has 0 amide bonds. The Kier molecular flexibility index (Phi) is 3.02. The van der Waals surface area contributed by atoms with Crippen molar-refractivity contribution in [2.24, 2.45) is 17.8 Å². The lowest BCUT2D eigenvalue weighted by Crippen LogP contribution is -2.30. The van der Waals surface area contributed by atoms with Crippen molar-refractivity contribution in [2.45, 2.75) is 38.6 Å². The van der Waals surface area contributed by atoms with Gasteiger partial charge in [-0.3, -0.25) is 4.98 Å². The summed E-state index contributed by atoms with van der Waals surface area (Å²) in [5, 5.41) is 4.76. The second-order valence-electron chi connectivity index (χ2n) is 6.87. The average molecular weight is 281 g/mol. The third kappa shape index (κ3) is 2.15. The van der Waals surface area contributed by atoms with Gasteiger partial charge in [0.2, 0.25) is 0 Å². The van der Waals surface area contributed by atoms with Crippen molar-refractivity contribution in [3.63, 3.8) is 0 Å². The smallest absolute Gasteiger partial charge is 0.0953 e. The zero-order valence-electron chi connectivity index (χ0n) is 12.5. The van der Waals surface area contributed by atoms with Gasteiger partial charge in [-0.2, -0.15) is 0 Å². The number of hydrogen-bond donors (Lipinski definition) is 2. The van der Waals surface area contributed by atoms with Crippen LogP contribution in [0.3, 0.4) is 0 Å². The van der Waals surface area contributed by atoms with Gasteiger partial charge in [0.05, 0.1) is 11.2 Å². The number of hydrogen-bond acceptors (Lipinski definition) is 3. The molecule has 110 valence electrons. The highest BCUT2D eigenvalue weighted by Gasteiger charge is 2.41. The topological polar surface area (TPSA) is 50.9 Å². The van der Waals surface area contributed by atoms with Crippen LogP contribution in [0.1, 0.15) is 32.6 Å². The van der Waals surface area contributed by atoms with Crippen LogP contribution < -0.4 is 11.1 Å². The maximum Gasteiger partial charge on any atom is 0.0953 e.